The molecule has 11 N–H and O–H groups in total. The SMILES string of the molecule is CC[C@@H]1CCC(N)[C@@H](OC2C(O)[C@@H](O[C@H]3OC(CO)[C@@H](O)[C@H](N)C3O)C(N)[C@H](O)[C@@H]2C)O1. The molecule has 32 heavy (non-hydrogen) atoms. The lowest BCUT2D eigenvalue weighted by atomic mass is 9.78. The first-order valence-corrected chi connectivity index (χ1v) is 11.3. The Labute approximate surface area is 187 Å². The maximum atomic E-state index is 11.1. The summed E-state index contributed by atoms with van der Waals surface area (Å²) >= 11 is 0. The molecular formula is C20H39N3O9. The van der Waals surface area contributed by atoms with Crippen molar-refractivity contribution in [1.29, 1.82) is 0 Å². The average Bonchev–Trinajstić information content (AvgIpc) is 2.79. The average molecular weight is 466 g/mol. The van der Waals surface area contributed by atoms with Crippen LogP contribution in [0.25, 0.3) is 0 Å². The molecule has 1 saturated carbocycles. The van der Waals surface area contributed by atoms with Gasteiger partial charge in [-0.05, 0) is 19.3 Å². The molecule has 1 aliphatic carbocycles. The first kappa shape index (κ1) is 26.1. The van der Waals surface area contributed by atoms with E-state index in [1.165, 1.54) is 0 Å². The lowest BCUT2D eigenvalue weighted by Gasteiger charge is -2.49. The summed E-state index contributed by atoms with van der Waals surface area (Å²) < 4.78 is 23.2. The summed E-state index contributed by atoms with van der Waals surface area (Å²) in [6.45, 7) is 3.14. The zero-order chi connectivity index (χ0) is 23.7. The van der Waals surface area contributed by atoms with Crippen LogP contribution in [0, 0.1) is 5.92 Å². The topological polar surface area (TPSA) is 216 Å². The molecule has 0 amide bonds. The van der Waals surface area contributed by atoms with Gasteiger partial charge < -0.3 is 61.7 Å². The van der Waals surface area contributed by atoms with Gasteiger partial charge in [0.1, 0.15) is 30.5 Å². The maximum Gasteiger partial charge on any atom is 0.186 e. The molecule has 0 bridgehead atoms. The fourth-order valence-electron chi connectivity index (χ4n) is 4.68. The Morgan fingerprint density at radius 1 is 0.812 bits per heavy atom. The molecule has 0 aromatic carbocycles. The van der Waals surface area contributed by atoms with Crippen LogP contribution in [0.5, 0.6) is 0 Å². The number of nitrogens with two attached hydrogens (primary N) is 3. The van der Waals surface area contributed by atoms with Gasteiger partial charge in [0.05, 0.1) is 43.0 Å². The summed E-state index contributed by atoms with van der Waals surface area (Å²) in [4.78, 5) is 0. The fourth-order valence-corrected chi connectivity index (χ4v) is 4.68. The van der Waals surface area contributed by atoms with Crippen LogP contribution in [0.4, 0.5) is 0 Å². The molecule has 6 unspecified atom stereocenters. The number of hydrogen-bond donors (Lipinski definition) is 8. The van der Waals surface area contributed by atoms with Crippen molar-refractivity contribution in [3.63, 3.8) is 0 Å². The quantitative estimate of drug-likeness (QED) is 0.191. The van der Waals surface area contributed by atoms with Crippen molar-refractivity contribution < 1.29 is 44.5 Å². The lowest BCUT2D eigenvalue weighted by Crippen LogP contribution is -2.69. The van der Waals surface area contributed by atoms with Gasteiger partial charge in [0.25, 0.3) is 0 Å². The third-order valence-electron chi connectivity index (χ3n) is 6.98. The van der Waals surface area contributed by atoms with Crippen LogP contribution in [0.3, 0.4) is 0 Å². The second kappa shape index (κ2) is 10.8. The molecule has 3 fully saturated rings. The van der Waals surface area contributed by atoms with E-state index in [-0.39, 0.29) is 6.10 Å². The van der Waals surface area contributed by atoms with E-state index >= 15 is 0 Å². The van der Waals surface area contributed by atoms with Crippen molar-refractivity contribution in [3.8, 4) is 0 Å². The first-order valence-electron chi connectivity index (χ1n) is 11.3. The van der Waals surface area contributed by atoms with Crippen LogP contribution in [-0.4, -0.2) is 112 Å². The van der Waals surface area contributed by atoms with E-state index in [0.29, 0.717) is 6.42 Å². The summed E-state index contributed by atoms with van der Waals surface area (Å²) in [7, 11) is 0. The molecule has 0 aromatic heterocycles. The Bertz CT molecular complexity index is 603. The molecule has 2 aliphatic heterocycles. The molecule has 0 aromatic rings. The Morgan fingerprint density at radius 3 is 2.09 bits per heavy atom. The summed E-state index contributed by atoms with van der Waals surface area (Å²) in [5, 5.41) is 51.6. The molecule has 3 rings (SSSR count). The summed E-state index contributed by atoms with van der Waals surface area (Å²) in [5.41, 5.74) is 18.1. The lowest BCUT2D eigenvalue weighted by molar-refractivity contribution is -0.322. The number of rotatable bonds is 6. The Hall–Kier alpha value is -0.480. The van der Waals surface area contributed by atoms with E-state index in [1.807, 2.05) is 6.92 Å². The molecule has 3 aliphatic rings. The van der Waals surface area contributed by atoms with Crippen molar-refractivity contribution >= 4 is 0 Å². The maximum absolute atomic E-state index is 11.1. The van der Waals surface area contributed by atoms with Crippen molar-refractivity contribution in [2.45, 2.75) is 113 Å². The zero-order valence-corrected chi connectivity index (χ0v) is 18.5. The molecule has 0 radical (unpaired) electrons. The van der Waals surface area contributed by atoms with Gasteiger partial charge in [0.2, 0.25) is 0 Å². The highest BCUT2D eigenvalue weighted by atomic mass is 16.7. The van der Waals surface area contributed by atoms with Crippen LogP contribution in [0.15, 0.2) is 0 Å². The predicted octanol–water partition coefficient (Wildman–Crippen LogP) is -3.54. The van der Waals surface area contributed by atoms with E-state index in [2.05, 4.69) is 0 Å². The van der Waals surface area contributed by atoms with Crippen LogP contribution in [-0.2, 0) is 18.9 Å². The molecule has 14 atom stereocenters. The second-order valence-corrected chi connectivity index (χ2v) is 9.18. The van der Waals surface area contributed by atoms with Crippen LogP contribution >= 0.6 is 0 Å². The van der Waals surface area contributed by atoms with E-state index in [0.717, 1.165) is 12.8 Å². The monoisotopic (exact) mass is 465 g/mol. The van der Waals surface area contributed by atoms with Gasteiger partial charge in [-0.1, -0.05) is 13.8 Å². The molecule has 0 spiro atoms. The summed E-state index contributed by atoms with van der Waals surface area (Å²) in [5.74, 6) is -0.566. The van der Waals surface area contributed by atoms with E-state index in [4.69, 9.17) is 36.1 Å². The highest BCUT2D eigenvalue weighted by Gasteiger charge is 2.52. The molecule has 2 saturated heterocycles. The van der Waals surface area contributed by atoms with Gasteiger partial charge >= 0.3 is 0 Å². The Balaban J connectivity index is 1.74. The highest BCUT2D eigenvalue weighted by Crippen LogP contribution is 2.34. The van der Waals surface area contributed by atoms with Gasteiger partial charge in [-0.3, -0.25) is 0 Å². The highest BCUT2D eigenvalue weighted by molar-refractivity contribution is 5.02. The van der Waals surface area contributed by atoms with E-state index < -0.39 is 86.0 Å². The number of aliphatic hydroxyl groups is 5. The van der Waals surface area contributed by atoms with Gasteiger partial charge in [-0.2, -0.15) is 0 Å². The summed E-state index contributed by atoms with van der Waals surface area (Å²) in [6.07, 6.45) is -8.25. The molecule has 12 heteroatoms. The molecule has 188 valence electrons. The van der Waals surface area contributed by atoms with Gasteiger partial charge in [-0.15, -0.1) is 0 Å². The minimum absolute atomic E-state index is 0.0100. The number of hydrogen-bond acceptors (Lipinski definition) is 12. The third kappa shape index (κ3) is 5.11. The van der Waals surface area contributed by atoms with Crippen LogP contribution in [0.2, 0.25) is 0 Å². The molecule has 2 heterocycles. The van der Waals surface area contributed by atoms with Crippen molar-refractivity contribution in [2.24, 2.45) is 23.1 Å². The fraction of sp³-hybridized carbons (Fsp3) is 1.00. The zero-order valence-electron chi connectivity index (χ0n) is 18.5. The smallest absolute Gasteiger partial charge is 0.186 e. The second-order valence-electron chi connectivity index (χ2n) is 9.18. The number of aliphatic hydroxyl groups excluding tert-OH is 5. The van der Waals surface area contributed by atoms with Crippen LogP contribution < -0.4 is 17.2 Å². The van der Waals surface area contributed by atoms with E-state index in [9.17, 15) is 25.5 Å². The normalized spacial score (nSPS) is 52.7. The van der Waals surface area contributed by atoms with Crippen LogP contribution in [0.1, 0.15) is 33.1 Å². The first-order chi connectivity index (χ1) is 15.1. The minimum atomic E-state index is -1.46. The van der Waals surface area contributed by atoms with Crippen molar-refractivity contribution in [2.75, 3.05) is 6.61 Å². The Kier molecular flexibility index (Phi) is 8.86. The largest absolute Gasteiger partial charge is 0.394 e. The summed E-state index contributed by atoms with van der Waals surface area (Å²) in [6, 6.07) is -2.58. The predicted molar refractivity (Wildman–Crippen MR) is 111 cm³/mol. The van der Waals surface area contributed by atoms with Gasteiger partial charge in [0.15, 0.2) is 12.6 Å². The third-order valence-corrected chi connectivity index (χ3v) is 6.98. The van der Waals surface area contributed by atoms with Gasteiger partial charge in [0, 0.05) is 5.92 Å². The minimum Gasteiger partial charge on any atom is -0.394 e. The van der Waals surface area contributed by atoms with Crippen molar-refractivity contribution in [1.82, 2.24) is 0 Å². The van der Waals surface area contributed by atoms with Crippen molar-refractivity contribution in [3.05, 3.63) is 0 Å². The molecular weight excluding hydrogens is 426 g/mol. The van der Waals surface area contributed by atoms with Gasteiger partial charge in [-0.25, -0.2) is 0 Å². The standard InChI is InChI=1S/C20H39N3O9/c1-3-8-4-5-9(21)19(29-8)31-17-7(2)13(25)12(23)18(16(17)28)32-20-15(27)11(22)14(26)10(6-24)30-20/h7-20,24-28H,3-6,21-23H2,1-2H3/t7-,8+,9?,10?,11-,12?,13+,14+,15?,16?,17?,18-,19+,20+/m0/s1. The molecule has 12 nitrogen and oxygen atoms in total. The Morgan fingerprint density at radius 2 is 1.47 bits per heavy atom. The van der Waals surface area contributed by atoms with E-state index in [1.54, 1.807) is 6.92 Å². The number of ether oxygens (including phenoxy) is 4.